The zero-order valence-corrected chi connectivity index (χ0v) is 10.9. The number of phenolic OH excluding ortho intramolecular Hbond substituents is 1. The number of hydrogen-bond donors (Lipinski definition) is 2. The summed E-state index contributed by atoms with van der Waals surface area (Å²) >= 11 is 0. The lowest BCUT2D eigenvalue weighted by molar-refractivity contribution is -0.385. The maximum absolute atomic E-state index is 11.9. The van der Waals surface area contributed by atoms with Crippen LogP contribution < -0.4 is 5.32 Å². The third kappa shape index (κ3) is 2.66. The zero-order valence-electron chi connectivity index (χ0n) is 10.9. The first kappa shape index (κ1) is 14.4. The summed E-state index contributed by atoms with van der Waals surface area (Å²) in [5.41, 5.74) is -0.577. The normalized spacial score (nSPS) is 18.0. The summed E-state index contributed by atoms with van der Waals surface area (Å²) in [5.74, 6) is -2.29. The lowest BCUT2D eigenvalue weighted by atomic mass is 10.1. The average molecular weight is 293 g/mol. The zero-order chi connectivity index (χ0) is 15.7. The van der Waals surface area contributed by atoms with Crippen LogP contribution in [0.5, 0.6) is 5.75 Å². The molecule has 0 spiro atoms. The quantitative estimate of drug-likeness (QED) is 0.450. The van der Waals surface area contributed by atoms with Gasteiger partial charge in [-0.3, -0.25) is 29.4 Å². The van der Waals surface area contributed by atoms with Crippen molar-refractivity contribution in [2.45, 2.75) is 12.5 Å². The van der Waals surface area contributed by atoms with Crippen LogP contribution in [0.3, 0.4) is 0 Å². The number of rotatable bonds is 3. The molecule has 9 nitrogen and oxygen atoms in total. The Kier molecular flexibility index (Phi) is 3.57. The fourth-order valence-corrected chi connectivity index (χ4v) is 1.93. The van der Waals surface area contributed by atoms with Gasteiger partial charge in [-0.2, -0.15) is 0 Å². The first-order valence-corrected chi connectivity index (χ1v) is 5.90. The average Bonchev–Trinajstić information content (AvgIpc) is 2.65. The molecular weight excluding hydrogens is 282 g/mol. The summed E-state index contributed by atoms with van der Waals surface area (Å²) in [7, 11) is 1.31. The van der Waals surface area contributed by atoms with Crippen molar-refractivity contribution in [2.24, 2.45) is 0 Å². The summed E-state index contributed by atoms with van der Waals surface area (Å²) in [4.78, 5) is 45.6. The van der Waals surface area contributed by atoms with Gasteiger partial charge in [-0.15, -0.1) is 0 Å². The predicted molar refractivity (Wildman–Crippen MR) is 68.4 cm³/mol. The lowest BCUT2D eigenvalue weighted by Crippen LogP contribution is -2.40. The number of carbonyl (C=O) groups is 3. The van der Waals surface area contributed by atoms with Crippen molar-refractivity contribution in [1.82, 2.24) is 10.2 Å². The van der Waals surface area contributed by atoms with Crippen LogP contribution in [0, 0.1) is 10.1 Å². The number of aromatic hydroxyl groups is 1. The standard InChI is InChI=1S/C12H11N3O6/c1-14-10(17)5-7(12(14)19)13-11(18)6-2-3-8(15(20)21)9(16)4-6/h2-4,7,16H,5H2,1H3,(H,13,18). The number of benzene rings is 1. The van der Waals surface area contributed by atoms with Crippen LogP contribution in [0.2, 0.25) is 0 Å². The topological polar surface area (TPSA) is 130 Å². The van der Waals surface area contributed by atoms with Crippen molar-refractivity contribution in [3.05, 3.63) is 33.9 Å². The molecule has 3 amide bonds. The summed E-state index contributed by atoms with van der Waals surface area (Å²) in [6.45, 7) is 0. The second-order valence-corrected chi connectivity index (χ2v) is 4.48. The molecule has 1 fully saturated rings. The molecule has 1 aliphatic rings. The molecular formula is C12H11N3O6. The fourth-order valence-electron chi connectivity index (χ4n) is 1.93. The molecule has 21 heavy (non-hydrogen) atoms. The number of likely N-dealkylation sites (tertiary alicyclic amines) is 1. The van der Waals surface area contributed by atoms with Gasteiger partial charge < -0.3 is 10.4 Å². The van der Waals surface area contributed by atoms with Crippen molar-refractivity contribution in [2.75, 3.05) is 7.05 Å². The summed E-state index contributed by atoms with van der Waals surface area (Å²) in [6, 6.07) is 2.10. The minimum atomic E-state index is -0.965. The number of phenols is 1. The van der Waals surface area contributed by atoms with Crippen LogP contribution >= 0.6 is 0 Å². The largest absolute Gasteiger partial charge is 0.502 e. The number of nitrogens with one attached hydrogen (secondary N) is 1. The van der Waals surface area contributed by atoms with Gasteiger partial charge in [-0.05, 0) is 12.1 Å². The van der Waals surface area contributed by atoms with Gasteiger partial charge >= 0.3 is 5.69 Å². The molecule has 0 bridgehead atoms. The van der Waals surface area contributed by atoms with Gasteiger partial charge in [0, 0.05) is 18.7 Å². The van der Waals surface area contributed by atoms with Crippen molar-refractivity contribution in [3.63, 3.8) is 0 Å². The van der Waals surface area contributed by atoms with Crippen LogP contribution in [0.15, 0.2) is 18.2 Å². The highest BCUT2D eigenvalue weighted by Gasteiger charge is 2.37. The number of imide groups is 1. The number of nitro groups is 1. The number of carbonyl (C=O) groups excluding carboxylic acids is 3. The minimum absolute atomic E-state index is 0.0482. The van der Waals surface area contributed by atoms with Gasteiger partial charge in [0.1, 0.15) is 6.04 Å². The van der Waals surface area contributed by atoms with Crippen molar-refractivity contribution in [3.8, 4) is 5.75 Å². The van der Waals surface area contributed by atoms with E-state index in [9.17, 15) is 29.6 Å². The molecule has 0 aromatic heterocycles. The molecule has 110 valence electrons. The van der Waals surface area contributed by atoms with Gasteiger partial charge in [-0.1, -0.05) is 0 Å². The van der Waals surface area contributed by atoms with E-state index in [2.05, 4.69) is 5.32 Å². The Morgan fingerprint density at radius 2 is 2.14 bits per heavy atom. The smallest absolute Gasteiger partial charge is 0.310 e. The van der Waals surface area contributed by atoms with E-state index in [0.717, 1.165) is 23.1 Å². The van der Waals surface area contributed by atoms with Gasteiger partial charge in [0.05, 0.1) is 11.3 Å². The maximum atomic E-state index is 11.9. The second kappa shape index (κ2) is 5.19. The minimum Gasteiger partial charge on any atom is -0.502 e. The third-order valence-electron chi connectivity index (χ3n) is 3.12. The predicted octanol–water partition coefficient (Wildman–Crippen LogP) is -0.213. The van der Waals surface area contributed by atoms with Gasteiger partial charge in [0.25, 0.3) is 11.8 Å². The second-order valence-electron chi connectivity index (χ2n) is 4.48. The molecule has 1 heterocycles. The summed E-state index contributed by atoms with van der Waals surface area (Å²) in [6.07, 6.45) is -0.139. The molecule has 0 aliphatic carbocycles. The van der Waals surface area contributed by atoms with Crippen LogP contribution in [-0.4, -0.2) is 45.7 Å². The third-order valence-corrected chi connectivity index (χ3v) is 3.12. The fraction of sp³-hybridized carbons (Fsp3) is 0.250. The Morgan fingerprint density at radius 3 is 2.62 bits per heavy atom. The van der Waals surface area contributed by atoms with E-state index in [0.29, 0.717) is 0 Å². The first-order valence-electron chi connectivity index (χ1n) is 5.90. The molecule has 2 N–H and O–H groups in total. The van der Waals surface area contributed by atoms with Gasteiger partial charge in [0.15, 0.2) is 5.75 Å². The molecule has 1 atom stereocenters. The van der Waals surface area contributed by atoms with Gasteiger partial charge in [-0.25, -0.2) is 0 Å². The monoisotopic (exact) mass is 293 g/mol. The highest BCUT2D eigenvalue weighted by Crippen LogP contribution is 2.26. The summed E-state index contributed by atoms with van der Waals surface area (Å²) in [5, 5.41) is 22.4. The molecule has 1 saturated heterocycles. The Hall–Kier alpha value is -2.97. The van der Waals surface area contributed by atoms with E-state index in [1.54, 1.807) is 0 Å². The van der Waals surface area contributed by atoms with Crippen LogP contribution in [0.25, 0.3) is 0 Å². The van der Waals surface area contributed by atoms with E-state index in [-0.39, 0.29) is 12.0 Å². The Balaban J connectivity index is 2.15. The van der Waals surface area contributed by atoms with E-state index in [1.165, 1.54) is 7.05 Å². The Morgan fingerprint density at radius 1 is 1.48 bits per heavy atom. The Labute approximate surface area is 118 Å². The number of hydrogen-bond acceptors (Lipinski definition) is 6. The van der Waals surface area contributed by atoms with Crippen molar-refractivity contribution in [1.29, 1.82) is 0 Å². The number of amides is 3. The molecule has 1 aliphatic heterocycles. The molecule has 0 saturated carbocycles. The van der Waals surface area contributed by atoms with Crippen LogP contribution in [-0.2, 0) is 9.59 Å². The Bertz CT molecular complexity index is 656. The lowest BCUT2D eigenvalue weighted by Gasteiger charge is -2.11. The molecule has 9 heteroatoms. The van der Waals surface area contributed by atoms with E-state index >= 15 is 0 Å². The van der Waals surface area contributed by atoms with Crippen molar-refractivity contribution < 1.29 is 24.4 Å². The van der Waals surface area contributed by atoms with E-state index < -0.39 is 40.1 Å². The van der Waals surface area contributed by atoms with Crippen molar-refractivity contribution >= 4 is 23.4 Å². The SMILES string of the molecule is CN1C(=O)CC(NC(=O)c2ccc([N+](=O)[O-])c(O)c2)C1=O. The van der Waals surface area contributed by atoms with Crippen LogP contribution in [0.4, 0.5) is 5.69 Å². The maximum Gasteiger partial charge on any atom is 0.310 e. The molecule has 1 aromatic rings. The number of nitro benzene ring substituents is 1. The molecule has 1 aromatic carbocycles. The molecule has 2 rings (SSSR count). The highest BCUT2D eigenvalue weighted by atomic mass is 16.6. The number of likely N-dealkylation sites (N-methyl/N-ethyl adjacent to an activating group) is 1. The first-order chi connectivity index (χ1) is 9.81. The molecule has 1 unspecified atom stereocenters. The van der Waals surface area contributed by atoms with Crippen LogP contribution in [0.1, 0.15) is 16.8 Å². The van der Waals surface area contributed by atoms with Gasteiger partial charge in [0.2, 0.25) is 5.91 Å². The van der Waals surface area contributed by atoms with E-state index in [4.69, 9.17) is 0 Å². The summed E-state index contributed by atoms with van der Waals surface area (Å²) < 4.78 is 0. The number of nitrogens with zero attached hydrogens (tertiary/aromatic N) is 2. The highest BCUT2D eigenvalue weighted by molar-refractivity contribution is 6.08. The molecule has 0 radical (unpaired) electrons. The van der Waals surface area contributed by atoms with E-state index in [1.807, 2.05) is 0 Å².